The maximum atomic E-state index is 14.3. The van der Waals surface area contributed by atoms with Crippen LogP contribution in [0.15, 0.2) is 67.6 Å². The second kappa shape index (κ2) is 8.93. The fourth-order valence-corrected chi connectivity index (χ4v) is 4.75. The molecule has 0 unspecified atom stereocenters. The van der Waals surface area contributed by atoms with Gasteiger partial charge in [0.05, 0.1) is 6.20 Å². The summed E-state index contributed by atoms with van der Waals surface area (Å²) in [6, 6.07) is 8.27. The van der Waals surface area contributed by atoms with Crippen LogP contribution in [0.25, 0.3) is 16.6 Å². The van der Waals surface area contributed by atoms with Crippen LogP contribution in [0.2, 0.25) is 0 Å². The summed E-state index contributed by atoms with van der Waals surface area (Å²) in [5.41, 5.74) is 2.08. The normalized spacial score (nSPS) is 15.8. The number of benzene rings is 1. The van der Waals surface area contributed by atoms with Crippen molar-refractivity contribution in [3.05, 3.63) is 84.6 Å². The number of hydrogen-bond acceptors (Lipinski definition) is 8. The highest BCUT2D eigenvalue weighted by Gasteiger charge is 2.30. The first-order chi connectivity index (χ1) is 17.9. The first-order valence-corrected chi connectivity index (χ1v) is 12.0. The Kier molecular flexibility index (Phi) is 5.56. The second-order valence-electron chi connectivity index (χ2n) is 9.34. The molecule has 1 aromatic carbocycles. The number of rotatable bonds is 5. The molecule has 1 N–H and O–H groups in total. The van der Waals surface area contributed by atoms with Crippen molar-refractivity contribution in [3.8, 4) is 11.1 Å². The Morgan fingerprint density at radius 2 is 1.62 bits per heavy atom. The molecule has 11 heteroatoms. The van der Waals surface area contributed by atoms with Gasteiger partial charge in [0.2, 0.25) is 5.95 Å². The van der Waals surface area contributed by atoms with Gasteiger partial charge in [-0.15, -0.1) is 0 Å². The Bertz CT molecular complexity index is 1550. The number of aromatic nitrogens is 7. The van der Waals surface area contributed by atoms with Gasteiger partial charge in [-0.05, 0) is 19.1 Å². The Hall–Kier alpha value is -4.38. The Morgan fingerprint density at radius 3 is 2.32 bits per heavy atom. The number of nitrogens with zero attached hydrogens (tertiary/aromatic N) is 9. The molecule has 1 fully saturated rings. The van der Waals surface area contributed by atoms with Gasteiger partial charge in [0.1, 0.15) is 23.3 Å². The zero-order valence-corrected chi connectivity index (χ0v) is 20.5. The van der Waals surface area contributed by atoms with E-state index in [0.29, 0.717) is 24.6 Å². The van der Waals surface area contributed by atoms with Crippen molar-refractivity contribution >= 4 is 17.3 Å². The van der Waals surface area contributed by atoms with Crippen molar-refractivity contribution in [2.45, 2.75) is 12.5 Å². The molecule has 0 amide bonds. The van der Waals surface area contributed by atoms with E-state index in [-0.39, 0.29) is 5.56 Å². The van der Waals surface area contributed by atoms with Crippen LogP contribution in [0.5, 0.6) is 0 Å². The third kappa shape index (κ3) is 4.16. The van der Waals surface area contributed by atoms with Crippen LogP contribution in [-0.2, 0) is 12.6 Å². The molecule has 188 valence electrons. The van der Waals surface area contributed by atoms with Gasteiger partial charge < -0.3 is 14.9 Å². The van der Waals surface area contributed by atoms with Gasteiger partial charge >= 0.3 is 0 Å². The lowest BCUT2D eigenvalue weighted by atomic mass is 9.90. The van der Waals surface area contributed by atoms with Crippen LogP contribution in [0.3, 0.4) is 0 Å². The maximum absolute atomic E-state index is 14.3. The van der Waals surface area contributed by atoms with Crippen molar-refractivity contribution in [2.24, 2.45) is 7.05 Å². The lowest BCUT2D eigenvalue weighted by Crippen LogP contribution is -2.47. The van der Waals surface area contributed by atoms with Gasteiger partial charge in [0, 0.05) is 80.3 Å². The predicted molar refractivity (Wildman–Crippen MR) is 137 cm³/mol. The molecule has 0 spiro atoms. The van der Waals surface area contributed by atoms with Crippen molar-refractivity contribution in [1.29, 1.82) is 0 Å². The summed E-state index contributed by atoms with van der Waals surface area (Å²) in [5.74, 6) is 0.978. The molecule has 1 aliphatic heterocycles. The van der Waals surface area contributed by atoms with Crippen LogP contribution in [-0.4, -0.2) is 65.6 Å². The number of halogens is 1. The molecular weight excluding hydrogens is 473 g/mol. The van der Waals surface area contributed by atoms with E-state index in [2.05, 4.69) is 41.0 Å². The van der Waals surface area contributed by atoms with Crippen LogP contribution in [0, 0.1) is 5.82 Å². The SMILES string of the molecule is Cn1cc(-c2cc3c(N4CCN(c5ncc([C@@](C)(O)c6ccccc6F)cn5)CC4)ncnn3c2)cn1. The monoisotopic (exact) mass is 499 g/mol. The summed E-state index contributed by atoms with van der Waals surface area (Å²) < 4.78 is 17.9. The van der Waals surface area contributed by atoms with Gasteiger partial charge in [-0.2, -0.15) is 10.2 Å². The number of anilines is 2. The first-order valence-electron chi connectivity index (χ1n) is 12.0. The number of fused-ring (bicyclic) bond motifs is 1. The third-order valence-corrected chi connectivity index (χ3v) is 6.88. The molecule has 0 saturated carbocycles. The van der Waals surface area contributed by atoms with E-state index in [1.807, 2.05) is 30.2 Å². The van der Waals surface area contributed by atoms with E-state index in [0.717, 1.165) is 35.6 Å². The highest BCUT2D eigenvalue weighted by molar-refractivity contribution is 5.77. The molecular formula is C26H26FN9O. The van der Waals surface area contributed by atoms with Crippen molar-refractivity contribution in [1.82, 2.24) is 34.3 Å². The maximum Gasteiger partial charge on any atom is 0.225 e. The summed E-state index contributed by atoms with van der Waals surface area (Å²) >= 11 is 0. The smallest absolute Gasteiger partial charge is 0.225 e. The van der Waals surface area contributed by atoms with E-state index in [4.69, 9.17) is 0 Å². The largest absolute Gasteiger partial charge is 0.380 e. The van der Waals surface area contributed by atoms with Crippen LogP contribution in [0.1, 0.15) is 18.1 Å². The summed E-state index contributed by atoms with van der Waals surface area (Å²) in [7, 11) is 1.90. The summed E-state index contributed by atoms with van der Waals surface area (Å²) in [4.78, 5) is 17.9. The Morgan fingerprint density at radius 1 is 0.892 bits per heavy atom. The quantitative estimate of drug-likeness (QED) is 0.394. The summed E-state index contributed by atoms with van der Waals surface area (Å²) in [5, 5.41) is 19.7. The topological polar surface area (TPSA) is 100 Å². The first kappa shape index (κ1) is 23.0. The molecule has 37 heavy (non-hydrogen) atoms. The molecule has 4 aromatic heterocycles. The predicted octanol–water partition coefficient (Wildman–Crippen LogP) is 2.64. The van der Waals surface area contributed by atoms with E-state index >= 15 is 0 Å². The molecule has 5 aromatic rings. The standard InChI is InChI=1S/C26H26FN9O/c1-26(37,21-5-3-4-6-22(21)27)20-13-28-25(29-14-20)35-9-7-34(8-10-35)24-23-11-18(16-36(23)32-17-30-24)19-12-31-33(2)15-19/h3-6,11-17,37H,7-10H2,1-2H3/t26-/m1/s1. The van der Waals surface area contributed by atoms with Crippen molar-refractivity contribution < 1.29 is 9.50 Å². The molecule has 0 aliphatic carbocycles. The minimum absolute atomic E-state index is 0.188. The van der Waals surface area contributed by atoms with E-state index < -0.39 is 11.4 Å². The average molecular weight is 500 g/mol. The van der Waals surface area contributed by atoms with E-state index in [1.165, 1.54) is 6.07 Å². The lowest BCUT2D eigenvalue weighted by Gasteiger charge is -2.35. The molecule has 6 rings (SSSR count). The molecule has 5 heterocycles. The zero-order valence-electron chi connectivity index (χ0n) is 20.5. The van der Waals surface area contributed by atoms with E-state index in [9.17, 15) is 9.50 Å². The number of hydrogen-bond donors (Lipinski definition) is 1. The minimum atomic E-state index is -1.53. The number of aryl methyl sites for hydroxylation is 1. The fourth-order valence-electron chi connectivity index (χ4n) is 4.75. The second-order valence-corrected chi connectivity index (χ2v) is 9.34. The molecule has 1 atom stereocenters. The van der Waals surface area contributed by atoms with Gasteiger partial charge in [0.15, 0.2) is 5.82 Å². The third-order valence-electron chi connectivity index (χ3n) is 6.88. The zero-order chi connectivity index (χ0) is 25.6. The minimum Gasteiger partial charge on any atom is -0.380 e. The number of piperazine rings is 1. The molecule has 0 radical (unpaired) electrons. The lowest BCUT2D eigenvalue weighted by molar-refractivity contribution is 0.0972. The van der Waals surface area contributed by atoms with Crippen LogP contribution in [0.4, 0.5) is 16.2 Å². The molecule has 1 saturated heterocycles. The van der Waals surface area contributed by atoms with Gasteiger partial charge in [-0.3, -0.25) is 4.68 Å². The van der Waals surface area contributed by atoms with Crippen LogP contribution < -0.4 is 9.80 Å². The average Bonchev–Trinajstić information content (AvgIpc) is 3.55. The Labute approximate surface area is 212 Å². The molecule has 0 bridgehead atoms. The van der Waals surface area contributed by atoms with Gasteiger partial charge in [0.25, 0.3) is 0 Å². The number of aliphatic hydroxyl groups is 1. The summed E-state index contributed by atoms with van der Waals surface area (Å²) in [6.07, 6.45) is 10.5. The highest BCUT2D eigenvalue weighted by atomic mass is 19.1. The summed E-state index contributed by atoms with van der Waals surface area (Å²) in [6.45, 7) is 4.42. The molecule has 1 aliphatic rings. The van der Waals surface area contributed by atoms with Crippen LogP contribution >= 0.6 is 0 Å². The van der Waals surface area contributed by atoms with Crippen molar-refractivity contribution in [2.75, 3.05) is 36.0 Å². The van der Waals surface area contributed by atoms with E-state index in [1.54, 1.807) is 48.5 Å². The van der Waals surface area contributed by atoms with Gasteiger partial charge in [-0.1, -0.05) is 18.2 Å². The highest BCUT2D eigenvalue weighted by Crippen LogP contribution is 2.31. The molecule has 10 nitrogen and oxygen atoms in total. The van der Waals surface area contributed by atoms with Gasteiger partial charge in [-0.25, -0.2) is 23.9 Å². The fraction of sp³-hybridized carbons (Fsp3) is 0.269. The Balaban J connectivity index is 1.17. The van der Waals surface area contributed by atoms with Crippen molar-refractivity contribution in [3.63, 3.8) is 0 Å².